The van der Waals surface area contributed by atoms with E-state index in [9.17, 15) is 12.8 Å². The quantitative estimate of drug-likeness (QED) is 0.945. The van der Waals surface area contributed by atoms with Crippen molar-refractivity contribution in [2.75, 3.05) is 6.26 Å². The first-order valence-electron chi connectivity index (χ1n) is 6.58. The summed E-state index contributed by atoms with van der Waals surface area (Å²) in [5.41, 5.74) is 8.84. The van der Waals surface area contributed by atoms with Gasteiger partial charge >= 0.3 is 0 Å². The summed E-state index contributed by atoms with van der Waals surface area (Å²) in [6, 6.07) is 10.9. The molecule has 1 unspecified atom stereocenters. The van der Waals surface area contributed by atoms with Crippen LogP contribution >= 0.6 is 0 Å². The van der Waals surface area contributed by atoms with Crippen LogP contribution in [0.4, 0.5) is 4.39 Å². The lowest BCUT2D eigenvalue weighted by molar-refractivity contribution is 0.601. The number of sulfone groups is 1. The summed E-state index contributed by atoms with van der Waals surface area (Å²) < 4.78 is 35.9. The molecular weight excluding hydrogens is 289 g/mol. The van der Waals surface area contributed by atoms with Crippen molar-refractivity contribution in [2.45, 2.75) is 24.3 Å². The smallest absolute Gasteiger partial charge is 0.175 e. The van der Waals surface area contributed by atoms with E-state index in [0.29, 0.717) is 6.42 Å². The Morgan fingerprint density at radius 3 is 2.29 bits per heavy atom. The molecule has 21 heavy (non-hydrogen) atoms. The molecule has 2 N–H and O–H groups in total. The molecule has 0 heterocycles. The zero-order valence-corrected chi connectivity index (χ0v) is 12.8. The molecule has 112 valence electrons. The Kier molecular flexibility index (Phi) is 4.44. The van der Waals surface area contributed by atoms with Gasteiger partial charge in [0.25, 0.3) is 0 Å². The Morgan fingerprint density at radius 2 is 1.76 bits per heavy atom. The van der Waals surface area contributed by atoms with Crippen molar-refractivity contribution in [1.82, 2.24) is 0 Å². The van der Waals surface area contributed by atoms with Gasteiger partial charge in [0.1, 0.15) is 5.82 Å². The van der Waals surface area contributed by atoms with Crippen LogP contribution in [0.5, 0.6) is 0 Å². The highest BCUT2D eigenvalue weighted by molar-refractivity contribution is 7.90. The summed E-state index contributed by atoms with van der Waals surface area (Å²) in [5, 5.41) is 0. The minimum atomic E-state index is -3.20. The summed E-state index contributed by atoms with van der Waals surface area (Å²) in [6.07, 6.45) is 1.74. The first-order valence-corrected chi connectivity index (χ1v) is 8.47. The third-order valence-corrected chi connectivity index (χ3v) is 4.61. The van der Waals surface area contributed by atoms with Gasteiger partial charge < -0.3 is 5.73 Å². The van der Waals surface area contributed by atoms with Crippen LogP contribution in [0.15, 0.2) is 47.4 Å². The summed E-state index contributed by atoms with van der Waals surface area (Å²) in [7, 11) is -3.20. The molecule has 1 atom stereocenters. The van der Waals surface area contributed by atoms with E-state index in [0.717, 1.165) is 16.7 Å². The van der Waals surface area contributed by atoms with E-state index in [1.54, 1.807) is 30.3 Å². The monoisotopic (exact) mass is 307 g/mol. The van der Waals surface area contributed by atoms with Crippen LogP contribution in [0.1, 0.15) is 22.7 Å². The molecule has 5 heteroatoms. The molecule has 0 amide bonds. The largest absolute Gasteiger partial charge is 0.324 e. The van der Waals surface area contributed by atoms with Gasteiger partial charge in [-0.25, -0.2) is 12.8 Å². The first-order chi connectivity index (χ1) is 9.77. The Balaban J connectivity index is 2.18. The van der Waals surface area contributed by atoms with Gasteiger partial charge in [0.2, 0.25) is 0 Å². The molecule has 0 aliphatic rings. The Morgan fingerprint density at radius 1 is 1.14 bits per heavy atom. The van der Waals surface area contributed by atoms with E-state index >= 15 is 0 Å². The zero-order valence-electron chi connectivity index (χ0n) is 12.0. The van der Waals surface area contributed by atoms with Crippen LogP contribution in [-0.4, -0.2) is 14.7 Å². The molecule has 2 aromatic rings. The fourth-order valence-corrected chi connectivity index (χ4v) is 2.84. The Labute approximate surface area is 124 Å². The average Bonchev–Trinajstić information content (AvgIpc) is 2.41. The van der Waals surface area contributed by atoms with Crippen LogP contribution in [0.3, 0.4) is 0 Å². The van der Waals surface area contributed by atoms with E-state index in [1.165, 1.54) is 18.4 Å². The molecule has 0 radical (unpaired) electrons. The van der Waals surface area contributed by atoms with Crippen molar-refractivity contribution < 1.29 is 12.8 Å². The van der Waals surface area contributed by atoms with Crippen LogP contribution in [0.25, 0.3) is 0 Å². The maximum absolute atomic E-state index is 13.1. The Hall–Kier alpha value is -1.72. The average molecular weight is 307 g/mol. The lowest BCUT2D eigenvalue weighted by Gasteiger charge is -2.14. The highest BCUT2D eigenvalue weighted by Crippen LogP contribution is 2.20. The number of hydrogen-bond acceptors (Lipinski definition) is 3. The molecule has 3 nitrogen and oxygen atoms in total. The van der Waals surface area contributed by atoms with Gasteiger partial charge in [-0.05, 0) is 54.3 Å². The van der Waals surface area contributed by atoms with E-state index in [4.69, 9.17) is 5.73 Å². The number of rotatable bonds is 4. The van der Waals surface area contributed by atoms with Gasteiger partial charge in [-0.1, -0.05) is 18.2 Å². The maximum Gasteiger partial charge on any atom is 0.175 e. The molecule has 0 fully saturated rings. The SMILES string of the molecule is Cc1cc(F)ccc1CC(N)c1ccc(S(C)(=O)=O)cc1. The summed E-state index contributed by atoms with van der Waals surface area (Å²) >= 11 is 0. The van der Waals surface area contributed by atoms with Crippen molar-refractivity contribution in [3.63, 3.8) is 0 Å². The van der Waals surface area contributed by atoms with E-state index < -0.39 is 9.84 Å². The van der Waals surface area contributed by atoms with E-state index in [1.807, 2.05) is 6.92 Å². The van der Waals surface area contributed by atoms with Gasteiger partial charge in [-0.15, -0.1) is 0 Å². The number of nitrogens with two attached hydrogens (primary N) is 1. The molecule has 0 bridgehead atoms. The van der Waals surface area contributed by atoms with Crippen LogP contribution in [-0.2, 0) is 16.3 Å². The van der Waals surface area contributed by atoms with Crippen molar-refractivity contribution in [3.05, 3.63) is 65.0 Å². The molecule has 2 rings (SSSR count). The number of halogens is 1. The predicted molar refractivity (Wildman–Crippen MR) is 81.3 cm³/mol. The standard InChI is InChI=1S/C16H18FNO2S/c1-11-9-14(17)6-3-13(11)10-16(18)12-4-7-15(8-5-12)21(2,19)20/h3-9,16H,10,18H2,1-2H3. The lowest BCUT2D eigenvalue weighted by atomic mass is 9.97. The normalized spacial score (nSPS) is 13.1. The van der Waals surface area contributed by atoms with Crippen molar-refractivity contribution in [2.24, 2.45) is 5.73 Å². The first kappa shape index (κ1) is 15.7. The molecule has 0 aliphatic carbocycles. The van der Waals surface area contributed by atoms with Gasteiger partial charge in [-0.2, -0.15) is 0 Å². The molecule has 2 aromatic carbocycles. The maximum atomic E-state index is 13.1. The minimum Gasteiger partial charge on any atom is -0.324 e. The van der Waals surface area contributed by atoms with Gasteiger partial charge in [0.05, 0.1) is 4.90 Å². The van der Waals surface area contributed by atoms with Crippen LogP contribution in [0.2, 0.25) is 0 Å². The second-order valence-electron chi connectivity index (χ2n) is 5.22. The molecule has 0 aliphatic heterocycles. The second-order valence-corrected chi connectivity index (χ2v) is 7.24. The topological polar surface area (TPSA) is 60.2 Å². The predicted octanol–water partition coefficient (Wildman–Crippen LogP) is 2.78. The number of hydrogen-bond donors (Lipinski definition) is 1. The number of aryl methyl sites for hydroxylation is 1. The highest BCUT2D eigenvalue weighted by Gasteiger charge is 2.11. The summed E-state index contributed by atoms with van der Waals surface area (Å²) in [6.45, 7) is 1.85. The van der Waals surface area contributed by atoms with Crippen molar-refractivity contribution >= 4 is 9.84 Å². The van der Waals surface area contributed by atoms with Crippen molar-refractivity contribution in [1.29, 1.82) is 0 Å². The third kappa shape index (κ3) is 3.89. The minimum absolute atomic E-state index is 0.261. The molecule has 0 saturated carbocycles. The number of benzene rings is 2. The molecule has 0 aromatic heterocycles. The second kappa shape index (κ2) is 5.95. The molecule has 0 spiro atoms. The zero-order chi connectivity index (χ0) is 15.6. The van der Waals surface area contributed by atoms with E-state index in [-0.39, 0.29) is 16.8 Å². The van der Waals surface area contributed by atoms with Crippen molar-refractivity contribution in [3.8, 4) is 0 Å². The highest BCUT2D eigenvalue weighted by atomic mass is 32.2. The van der Waals surface area contributed by atoms with Gasteiger partial charge in [0, 0.05) is 12.3 Å². The fourth-order valence-electron chi connectivity index (χ4n) is 2.21. The van der Waals surface area contributed by atoms with Crippen LogP contribution < -0.4 is 5.73 Å². The fraction of sp³-hybridized carbons (Fsp3) is 0.250. The molecule has 0 saturated heterocycles. The third-order valence-electron chi connectivity index (χ3n) is 3.48. The lowest BCUT2D eigenvalue weighted by Crippen LogP contribution is -2.14. The van der Waals surface area contributed by atoms with E-state index in [2.05, 4.69) is 0 Å². The summed E-state index contributed by atoms with van der Waals surface area (Å²) in [4.78, 5) is 0.274. The molecular formula is C16H18FNO2S. The van der Waals surface area contributed by atoms with Crippen LogP contribution in [0, 0.1) is 12.7 Å². The van der Waals surface area contributed by atoms with Gasteiger partial charge in [-0.3, -0.25) is 0 Å². The van der Waals surface area contributed by atoms with Gasteiger partial charge in [0.15, 0.2) is 9.84 Å². The Bertz CT molecular complexity index is 739. The summed E-state index contributed by atoms with van der Waals surface area (Å²) in [5.74, 6) is -0.262.